The van der Waals surface area contributed by atoms with Gasteiger partial charge in [-0.1, -0.05) is 36.4 Å². The number of ether oxygens (including phenoxy) is 1. The van der Waals surface area contributed by atoms with Gasteiger partial charge in [0.1, 0.15) is 11.6 Å². The van der Waals surface area contributed by atoms with Crippen molar-refractivity contribution in [1.29, 1.82) is 0 Å². The van der Waals surface area contributed by atoms with Gasteiger partial charge in [-0.25, -0.2) is 24.3 Å². The molecule has 4 aromatic rings. The SMILES string of the molecule is O=C(CC(c1ccccc1)c1c[nH]c2cc(OCCCCNc3ccccn3)ccc12)OOC(=O)C(F)(F)F. The Morgan fingerprint density at radius 2 is 1.77 bits per heavy atom. The van der Waals surface area contributed by atoms with Crippen LogP contribution in [0.3, 0.4) is 0 Å². The highest BCUT2D eigenvalue weighted by Crippen LogP contribution is 2.35. The van der Waals surface area contributed by atoms with E-state index in [-0.39, 0.29) is 6.42 Å². The molecule has 2 N–H and O–H groups in total. The van der Waals surface area contributed by atoms with Crippen molar-refractivity contribution in [3.05, 3.63) is 90.3 Å². The molecule has 0 bridgehead atoms. The number of benzene rings is 2. The second-order valence-electron chi connectivity index (χ2n) is 8.64. The summed E-state index contributed by atoms with van der Waals surface area (Å²) in [5, 5.41) is 4.05. The van der Waals surface area contributed by atoms with Gasteiger partial charge >= 0.3 is 18.1 Å². The predicted molar refractivity (Wildman–Crippen MR) is 137 cm³/mol. The normalized spacial score (nSPS) is 12.1. The molecule has 0 saturated carbocycles. The number of aromatic amines is 1. The summed E-state index contributed by atoms with van der Waals surface area (Å²) < 4.78 is 43.0. The van der Waals surface area contributed by atoms with Crippen molar-refractivity contribution in [3.8, 4) is 5.75 Å². The lowest BCUT2D eigenvalue weighted by Crippen LogP contribution is -2.27. The van der Waals surface area contributed by atoms with E-state index in [1.807, 2.05) is 36.4 Å². The van der Waals surface area contributed by atoms with Gasteiger partial charge in [0, 0.05) is 41.8 Å². The average Bonchev–Trinajstić information content (AvgIpc) is 3.35. The summed E-state index contributed by atoms with van der Waals surface area (Å²) in [7, 11) is 0. The summed E-state index contributed by atoms with van der Waals surface area (Å²) in [6.07, 6.45) is -0.427. The number of carbonyl (C=O) groups excluding carboxylic acids is 2. The van der Waals surface area contributed by atoms with Crippen LogP contribution in [0.2, 0.25) is 0 Å². The summed E-state index contributed by atoms with van der Waals surface area (Å²) in [6.45, 7) is 1.30. The third-order valence-electron chi connectivity index (χ3n) is 5.89. The molecule has 39 heavy (non-hydrogen) atoms. The lowest BCUT2D eigenvalue weighted by atomic mass is 9.88. The monoisotopic (exact) mass is 541 g/mol. The standard InChI is InChI=1S/C28H26F3N3O5/c29-28(30,31)27(36)39-38-26(35)17-22(19-8-2-1-3-9-19)23-18-34-24-16-20(11-12-21(23)24)37-15-7-6-14-33-25-10-4-5-13-32-25/h1-5,8-13,16,18,22,34H,6-7,14-15,17H2,(H,32,33). The Bertz CT molecular complexity index is 1380. The highest BCUT2D eigenvalue weighted by molar-refractivity contribution is 5.86. The fourth-order valence-electron chi connectivity index (χ4n) is 4.03. The fourth-order valence-corrected chi connectivity index (χ4v) is 4.03. The van der Waals surface area contributed by atoms with Crippen molar-refractivity contribution in [2.45, 2.75) is 31.4 Å². The third-order valence-corrected chi connectivity index (χ3v) is 5.89. The largest absolute Gasteiger partial charge is 0.495 e. The molecule has 1 atom stereocenters. The number of hydrogen-bond acceptors (Lipinski definition) is 7. The minimum atomic E-state index is -5.27. The molecule has 0 saturated heterocycles. The molecule has 0 fully saturated rings. The maximum Gasteiger partial charge on any atom is 0.495 e. The minimum absolute atomic E-state index is 0.354. The molecule has 1 unspecified atom stereocenters. The number of halogens is 3. The van der Waals surface area contributed by atoms with Crippen LogP contribution >= 0.6 is 0 Å². The maximum absolute atomic E-state index is 12.4. The van der Waals surface area contributed by atoms with E-state index in [9.17, 15) is 22.8 Å². The van der Waals surface area contributed by atoms with Crippen LogP contribution in [0.25, 0.3) is 10.9 Å². The van der Waals surface area contributed by atoms with Gasteiger partial charge in [-0.3, -0.25) is 0 Å². The topological polar surface area (TPSA) is 103 Å². The number of aromatic nitrogens is 2. The van der Waals surface area contributed by atoms with Gasteiger partial charge in [-0.05, 0) is 48.2 Å². The zero-order valence-corrected chi connectivity index (χ0v) is 20.7. The first-order valence-electron chi connectivity index (χ1n) is 12.2. The first-order valence-corrected chi connectivity index (χ1v) is 12.2. The molecule has 0 aliphatic rings. The van der Waals surface area contributed by atoms with Crippen LogP contribution < -0.4 is 10.1 Å². The first-order chi connectivity index (χ1) is 18.8. The Morgan fingerprint density at radius 1 is 0.974 bits per heavy atom. The predicted octanol–water partition coefficient (Wildman–Crippen LogP) is 5.92. The summed E-state index contributed by atoms with van der Waals surface area (Å²) in [5.74, 6) is -2.79. The first kappa shape index (κ1) is 27.5. The molecule has 0 radical (unpaired) electrons. The van der Waals surface area contributed by atoms with Gasteiger partial charge in [-0.2, -0.15) is 13.2 Å². The number of rotatable bonds is 11. The minimum Gasteiger partial charge on any atom is -0.494 e. The molecular weight excluding hydrogens is 515 g/mol. The molecule has 0 amide bonds. The molecule has 2 heterocycles. The van der Waals surface area contributed by atoms with E-state index < -0.39 is 24.0 Å². The van der Waals surface area contributed by atoms with Gasteiger partial charge in [0.2, 0.25) is 0 Å². The van der Waals surface area contributed by atoms with Crippen molar-refractivity contribution < 1.29 is 37.3 Å². The number of nitrogens with one attached hydrogen (secondary N) is 2. The number of anilines is 1. The number of pyridine rings is 1. The van der Waals surface area contributed by atoms with E-state index in [0.717, 1.165) is 47.2 Å². The van der Waals surface area contributed by atoms with Crippen LogP contribution in [0.1, 0.15) is 36.3 Å². The van der Waals surface area contributed by atoms with Crippen LogP contribution in [-0.4, -0.2) is 41.2 Å². The Morgan fingerprint density at radius 3 is 2.51 bits per heavy atom. The molecule has 204 valence electrons. The lowest BCUT2D eigenvalue weighted by molar-refractivity contribution is -0.285. The lowest BCUT2D eigenvalue weighted by Gasteiger charge is -2.16. The van der Waals surface area contributed by atoms with Crippen molar-refractivity contribution in [1.82, 2.24) is 9.97 Å². The number of H-pyrrole nitrogens is 1. The molecular formula is C28H26F3N3O5. The van der Waals surface area contributed by atoms with Crippen molar-refractivity contribution >= 4 is 28.7 Å². The molecule has 4 rings (SSSR count). The smallest absolute Gasteiger partial charge is 0.494 e. The summed E-state index contributed by atoms with van der Waals surface area (Å²) in [5.41, 5.74) is 2.22. The summed E-state index contributed by atoms with van der Waals surface area (Å²) >= 11 is 0. The van der Waals surface area contributed by atoms with E-state index in [1.54, 1.807) is 42.7 Å². The van der Waals surface area contributed by atoms with Crippen molar-refractivity contribution in [2.24, 2.45) is 0 Å². The summed E-state index contributed by atoms with van der Waals surface area (Å²) in [4.78, 5) is 38.4. The van der Waals surface area contributed by atoms with Crippen LogP contribution in [0.4, 0.5) is 19.0 Å². The maximum atomic E-state index is 12.4. The number of hydrogen-bond donors (Lipinski definition) is 2. The second kappa shape index (κ2) is 12.8. The van der Waals surface area contributed by atoms with E-state index in [1.165, 1.54) is 0 Å². The summed E-state index contributed by atoms with van der Waals surface area (Å²) in [6, 6.07) is 20.1. The highest BCUT2D eigenvalue weighted by Gasteiger charge is 2.43. The molecule has 0 aliphatic carbocycles. The molecule has 0 aliphatic heterocycles. The molecule has 11 heteroatoms. The molecule has 2 aromatic carbocycles. The fraction of sp³-hybridized carbons (Fsp3) is 0.250. The van der Waals surface area contributed by atoms with Crippen LogP contribution in [0.5, 0.6) is 5.75 Å². The van der Waals surface area contributed by atoms with Gasteiger partial charge in [0.15, 0.2) is 0 Å². The van der Waals surface area contributed by atoms with Crippen LogP contribution in [-0.2, 0) is 19.4 Å². The van der Waals surface area contributed by atoms with E-state index in [4.69, 9.17) is 4.74 Å². The van der Waals surface area contributed by atoms with Crippen LogP contribution in [0.15, 0.2) is 79.1 Å². The van der Waals surface area contributed by atoms with Crippen molar-refractivity contribution in [2.75, 3.05) is 18.5 Å². The second-order valence-corrected chi connectivity index (χ2v) is 8.64. The van der Waals surface area contributed by atoms with Gasteiger partial charge in [-0.15, -0.1) is 0 Å². The highest BCUT2D eigenvalue weighted by atomic mass is 19.4. The van der Waals surface area contributed by atoms with Gasteiger partial charge in [0.05, 0.1) is 13.0 Å². The Hall–Kier alpha value is -4.54. The number of alkyl halides is 3. The quantitative estimate of drug-likeness (QED) is 0.138. The van der Waals surface area contributed by atoms with Gasteiger partial charge < -0.3 is 15.0 Å². The number of carbonyl (C=O) groups is 2. The molecule has 8 nitrogen and oxygen atoms in total. The van der Waals surface area contributed by atoms with Gasteiger partial charge in [0.25, 0.3) is 0 Å². The molecule has 2 aromatic heterocycles. The molecule has 0 spiro atoms. The Labute approximate surface area is 222 Å². The van der Waals surface area contributed by atoms with E-state index >= 15 is 0 Å². The average molecular weight is 542 g/mol. The van der Waals surface area contributed by atoms with Crippen molar-refractivity contribution in [3.63, 3.8) is 0 Å². The Balaban J connectivity index is 1.38. The van der Waals surface area contributed by atoms with E-state index in [0.29, 0.717) is 12.4 Å². The number of fused-ring (bicyclic) bond motifs is 1. The third kappa shape index (κ3) is 7.73. The zero-order valence-electron chi connectivity index (χ0n) is 20.7. The van der Waals surface area contributed by atoms with E-state index in [2.05, 4.69) is 25.1 Å². The zero-order chi connectivity index (χ0) is 27.7. The van der Waals surface area contributed by atoms with Crippen LogP contribution in [0, 0.1) is 0 Å². The Kier molecular flexibility index (Phi) is 9.03. The number of unbranched alkanes of at least 4 members (excludes halogenated alkanes) is 1. The number of nitrogens with zero attached hydrogens (tertiary/aromatic N) is 1.